The van der Waals surface area contributed by atoms with Gasteiger partial charge in [-0.25, -0.2) is 0 Å². The summed E-state index contributed by atoms with van der Waals surface area (Å²) >= 11 is 0. The SMILES string of the molecule is CCc1ccc(OCc2ccc(C(=O)NCCCN(CC)CC)o2)cc1. The van der Waals surface area contributed by atoms with Crippen molar-refractivity contribution in [3.05, 3.63) is 53.5 Å². The Kier molecular flexibility index (Phi) is 8.22. The summed E-state index contributed by atoms with van der Waals surface area (Å²) in [7, 11) is 0. The van der Waals surface area contributed by atoms with E-state index in [1.54, 1.807) is 12.1 Å². The van der Waals surface area contributed by atoms with Crippen LogP contribution in [0.15, 0.2) is 40.8 Å². The topological polar surface area (TPSA) is 54.7 Å². The molecule has 2 aromatic rings. The van der Waals surface area contributed by atoms with Crippen LogP contribution in [0.25, 0.3) is 0 Å². The quantitative estimate of drug-likeness (QED) is 0.619. The normalized spacial score (nSPS) is 10.9. The monoisotopic (exact) mass is 358 g/mol. The minimum Gasteiger partial charge on any atom is -0.486 e. The Morgan fingerprint density at radius 1 is 1.08 bits per heavy atom. The van der Waals surface area contributed by atoms with Gasteiger partial charge in [0.25, 0.3) is 5.91 Å². The summed E-state index contributed by atoms with van der Waals surface area (Å²) in [6, 6.07) is 11.5. The van der Waals surface area contributed by atoms with Gasteiger partial charge in [0.1, 0.15) is 18.1 Å². The van der Waals surface area contributed by atoms with Crippen LogP contribution < -0.4 is 10.1 Å². The summed E-state index contributed by atoms with van der Waals surface area (Å²) in [5, 5.41) is 2.90. The number of furan rings is 1. The fraction of sp³-hybridized carbons (Fsp3) is 0.476. The molecule has 0 atom stereocenters. The van der Waals surface area contributed by atoms with Crippen LogP contribution in [-0.4, -0.2) is 37.0 Å². The summed E-state index contributed by atoms with van der Waals surface area (Å²) in [4.78, 5) is 14.5. The number of hydrogen-bond acceptors (Lipinski definition) is 4. The maximum Gasteiger partial charge on any atom is 0.286 e. The highest BCUT2D eigenvalue weighted by molar-refractivity contribution is 5.91. The number of hydrogen-bond donors (Lipinski definition) is 1. The summed E-state index contributed by atoms with van der Waals surface area (Å²) in [5.74, 6) is 1.58. The molecule has 0 radical (unpaired) electrons. The Balaban J connectivity index is 1.74. The second kappa shape index (κ2) is 10.7. The number of benzene rings is 1. The molecule has 142 valence electrons. The van der Waals surface area contributed by atoms with Crippen LogP contribution in [0.5, 0.6) is 5.75 Å². The molecule has 0 unspecified atom stereocenters. The summed E-state index contributed by atoms with van der Waals surface area (Å²) < 4.78 is 11.3. The van der Waals surface area contributed by atoms with E-state index in [-0.39, 0.29) is 5.91 Å². The van der Waals surface area contributed by atoms with Crippen molar-refractivity contribution in [1.29, 1.82) is 0 Å². The largest absolute Gasteiger partial charge is 0.486 e. The van der Waals surface area contributed by atoms with Gasteiger partial charge in [-0.15, -0.1) is 0 Å². The summed E-state index contributed by atoms with van der Waals surface area (Å²) in [5.41, 5.74) is 1.27. The fourth-order valence-electron chi connectivity index (χ4n) is 2.68. The lowest BCUT2D eigenvalue weighted by molar-refractivity contribution is 0.0920. The fourth-order valence-corrected chi connectivity index (χ4v) is 2.68. The first-order valence-electron chi connectivity index (χ1n) is 9.47. The molecule has 0 bridgehead atoms. The third-order valence-corrected chi connectivity index (χ3v) is 4.43. The molecule has 0 aliphatic rings. The molecule has 1 aromatic heterocycles. The first-order valence-corrected chi connectivity index (χ1v) is 9.47. The van der Waals surface area contributed by atoms with Gasteiger partial charge < -0.3 is 19.4 Å². The van der Waals surface area contributed by atoms with E-state index < -0.39 is 0 Å². The van der Waals surface area contributed by atoms with Gasteiger partial charge in [0.05, 0.1) is 0 Å². The van der Waals surface area contributed by atoms with E-state index in [9.17, 15) is 4.79 Å². The predicted molar refractivity (Wildman–Crippen MR) is 104 cm³/mol. The van der Waals surface area contributed by atoms with Crippen LogP contribution in [0.4, 0.5) is 0 Å². The lowest BCUT2D eigenvalue weighted by Crippen LogP contribution is -2.29. The maximum atomic E-state index is 12.1. The van der Waals surface area contributed by atoms with Gasteiger partial charge in [-0.1, -0.05) is 32.9 Å². The Morgan fingerprint density at radius 3 is 2.46 bits per heavy atom. The van der Waals surface area contributed by atoms with E-state index in [0.717, 1.165) is 38.2 Å². The number of nitrogens with zero attached hydrogens (tertiary/aromatic N) is 1. The molecule has 2 rings (SSSR count). The predicted octanol–water partition coefficient (Wildman–Crippen LogP) is 3.88. The first kappa shape index (κ1) is 20.0. The summed E-state index contributed by atoms with van der Waals surface area (Å²) in [6.07, 6.45) is 1.93. The molecule has 26 heavy (non-hydrogen) atoms. The molecular formula is C21H30N2O3. The Bertz CT molecular complexity index is 660. The molecule has 0 aliphatic heterocycles. The smallest absolute Gasteiger partial charge is 0.286 e. The van der Waals surface area contributed by atoms with Crippen molar-refractivity contribution in [3.8, 4) is 5.75 Å². The zero-order valence-electron chi connectivity index (χ0n) is 16.1. The lowest BCUT2D eigenvalue weighted by Gasteiger charge is -2.17. The van der Waals surface area contributed by atoms with E-state index in [1.807, 2.05) is 12.1 Å². The number of ether oxygens (including phenoxy) is 1. The van der Waals surface area contributed by atoms with E-state index in [0.29, 0.717) is 24.7 Å². The lowest BCUT2D eigenvalue weighted by atomic mass is 10.2. The molecule has 5 nitrogen and oxygen atoms in total. The minimum absolute atomic E-state index is 0.178. The molecule has 5 heteroatoms. The highest BCUT2D eigenvalue weighted by Gasteiger charge is 2.11. The Hall–Kier alpha value is -2.27. The van der Waals surface area contributed by atoms with Crippen molar-refractivity contribution in [2.24, 2.45) is 0 Å². The van der Waals surface area contributed by atoms with Crippen molar-refractivity contribution >= 4 is 5.91 Å². The van der Waals surface area contributed by atoms with Crippen molar-refractivity contribution in [1.82, 2.24) is 10.2 Å². The number of carbonyl (C=O) groups excluding carboxylic acids is 1. The van der Waals surface area contributed by atoms with Crippen LogP contribution in [0.2, 0.25) is 0 Å². The van der Waals surface area contributed by atoms with Crippen molar-refractivity contribution in [3.63, 3.8) is 0 Å². The van der Waals surface area contributed by atoms with Crippen LogP contribution in [0, 0.1) is 0 Å². The number of carbonyl (C=O) groups is 1. The third-order valence-electron chi connectivity index (χ3n) is 4.43. The van der Waals surface area contributed by atoms with E-state index >= 15 is 0 Å². The zero-order valence-corrected chi connectivity index (χ0v) is 16.1. The molecular weight excluding hydrogens is 328 g/mol. The van der Waals surface area contributed by atoms with Gasteiger partial charge in [-0.2, -0.15) is 0 Å². The molecule has 0 aliphatic carbocycles. The van der Waals surface area contributed by atoms with Crippen LogP contribution >= 0.6 is 0 Å². The Labute approximate surface area is 156 Å². The zero-order chi connectivity index (χ0) is 18.8. The average molecular weight is 358 g/mol. The van der Waals surface area contributed by atoms with Crippen LogP contribution in [0.1, 0.15) is 49.1 Å². The molecule has 1 aromatic carbocycles. The van der Waals surface area contributed by atoms with E-state index in [1.165, 1.54) is 5.56 Å². The number of rotatable bonds is 11. The minimum atomic E-state index is -0.178. The average Bonchev–Trinajstić information content (AvgIpc) is 3.16. The van der Waals surface area contributed by atoms with E-state index in [4.69, 9.17) is 9.15 Å². The van der Waals surface area contributed by atoms with Crippen LogP contribution in [-0.2, 0) is 13.0 Å². The molecule has 1 N–H and O–H groups in total. The van der Waals surface area contributed by atoms with Crippen molar-refractivity contribution < 1.29 is 13.9 Å². The number of aryl methyl sites for hydroxylation is 1. The van der Waals surface area contributed by atoms with Crippen LogP contribution in [0.3, 0.4) is 0 Å². The number of nitrogens with one attached hydrogen (secondary N) is 1. The molecule has 0 saturated carbocycles. The molecule has 0 spiro atoms. The Morgan fingerprint density at radius 2 is 1.81 bits per heavy atom. The highest BCUT2D eigenvalue weighted by Crippen LogP contribution is 2.16. The second-order valence-electron chi connectivity index (χ2n) is 6.19. The molecule has 1 amide bonds. The second-order valence-corrected chi connectivity index (χ2v) is 6.19. The highest BCUT2D eigenvalue weighted by atomic mass is 16.5. The molecule has 0 saturated heterocycles. The van der Waals surface area contributed by atoms with Gasteiger partial charge in [0.2, 0.25) is 0 Å². The first-order chi connectivity index (χ1) is 12.7. The maximum absolute atomic E-state index is 12.1. The van der Waals surface area contributed by atoms with Crippen molar-refractivity contribution in [2.75, 3.05) is 26.2 Å². The standard InChI is InChI=1S/C21H30N2O3/c1-4-17-8-10-18(11-9-17)25-16-19-12-13-20(26-19)21(24)22-14-7-15-23(5-2)6-3/h8-13H,4-7,14-16H2,1-3H3,(H,22,24). The van der Waals surface area contributed by atoms with Gasteiger partial charge >= 0.3 is 0 Å². The van der Waals surface area contributed by atoms with Gasteiger partial charge in [-0.05, 0) is 62.3 Å². The van der Waals surface area contributed by atoms with Gasteiger partial charge in [0, 0.05) is 6.54 Å². The number of amides is 1. The van der Waals surface area contributed by atoms with Gasteiger partial charge in [0.15, 0.2) is 5.76 Å². The third kappa shape index (κ3) is 6.23. The summed E-state index contributed by atoms with van der Waals surface area (Å²) in [6.45, 7) is 10.4. The van der Waals surface area contributed by atoms with Crippen molar-refractivity contribution in [2.45, 2.75) is 40.2 Å². The van der Waals surface area contributed by atoms with Gasteiger partial charge in [-0.3, -0.25) is 4.79 Å². The van der Waals surface area contributed by atoms with E-state index in [2.05, 4.69) is 43.1 Å². The molecule has 1 heterocycles. The molecule has 0 fully saturated rings.